The summed E-state index contributed by atoms with van der Waals surface area (Å²) in [5.74, 6) is 0.761. The maximum absolute atomic E-state index is 11.8. The smallest absolute Gasteiger partial charge is 0.222 e. The van der Waals surface area contributed by atoms with E-state index in [0.717, 1.165) is 13.0 Å². The lowest BCUT2D eigenvalue weighted by Crippen LogP contribution is -2.46. The molecule has 2 N–H and O–H groups in total. The van der Waals surface area contributed by atoms with Gasteiger partial charge in [0.25, 0.3) is 0 Å². The Morgan fingerprint density at radius 2 is 2.00 bits per heavy atom. The molecule has 0 spiro atoms. The zero-order chi connectivity index (χ0) is 12.8. The Morgan fingerprint density at radius 3 is 2.47 bits per heavy atom. The Hall–Kier alpha value is -0.570. The summed E-state index contributed by atoms with van der Waals surface area (Å²) in [7, 11) is 0. The third kappa shape index (κ3) is 5.07. The van der Waals surface area contributed by atoms with Gasteiger partial charge in [-0.05, 0) is 31.7 Å². The molecule has 1 rings (SSSR count). The third-order valence-corrected chi connectivity index (χ3v) is 3.61. The highest BCUT2D eigenvalue weighted by Gasteiger charge is 2.23. The second kappa shape index (κ2) is 7.00. The first-order valence-corrected chi connectivity index (χ1v) is 7.04. The summed E-state index contributed by atoms with van der Waals surface area (Å²) < 4.78 is 0. The number of nitrogens with one attached hydrogen (secondary N) is 2. The fourth-order valence-corrected chi connectivity index (χ4v) is 2.28. The van der Waals surface area contributed by atoms with Crippen molar-refractivity contribution in [3.05, 3.63) is 0 Å². The van der Waals surface area contributed by atoms with Gasteiger partial charge in [0, 0.05) is 18.0 Å². The van der Waals surface area contributed by atoms with Crippen molar-refractivity contribution in [1.29, 1.82) is 0 Å². The molecule has 0 aromatic heterocycles. The molecule has 1 saturated heterocycles. The highest BCUT2D eigenvalue weighted by molar-refractivity contribution is 5.78. The zero-order valence-electron chi connectivity index (χ0n) is 11.8. The van der Waals surface area contributed by atoms with E-state index in [1.54, 1.807) is 0 Å². The van der Waals surface area contributed by atoms with Crippen LogP contribution >= 0.6 is 0 Å². The highest BCUT2D eigenvalue weighted by atomic mass is 16.1. The normalized spacial score (nSPS) is 22.8. The van der Waals surface area contributed by atoms with Crippen LogP contribution in [0.4, 0.5) is 0 Å². The van der Waals surface area contributed by atoms with Gasteiger partial charge in [0.2, 0.25) is 5.91 Å². The minimum atomic E-state index is 0.0792. The number of carbonyl (C=O) groups excluding carboxylic acids is 1. The Morgan fingerprint density at radius 1 is 1.29 bits per heavy atom. The molecule has 0 bridgehead atoms. The van der Waals surface area contributed by atoms with Crippen LogP contribution in [0, 0.1) is 11.8 Å². The molecule has 1 fully saturated rings. The molecule has 0 saturated carbocycles. The molecule has 0 aromatic carbocycles. The topological polar surface area (TPSA) is 41.1 Å². The van der Waals surface area contributed by atoms with Crippen LogP contribution in [0.25, 0.3) is 0 Å². The van der Waals surface area contributed by atoms with E-state index >= 15 is 0 Å². The van der Waals surface area contributed by atoms with Crippen LogP contribution in [0.2, 0.25) is 0 Å². The van der Waals surface area contributed by atoms with Crippen molar-refractivity contribution in [3.8, 4) is 0 Å². The van der Waals surface area contributed by atoms with Crippen LogP contribution in [-0.2, 0) is 4.79 Å². The van der Waals surface area contributed by atoms with Crippen LogP contribution in [0.5, 0.6) is 0 Å². The summed E-state index contributed by atoms with van der Waals surface area (Å²) in [5, 5.41) is 6.74. The van der Waals surface area contributed by atoms with Gasteiger partial charge >= 0.3 is 0 Å². The lowest BCUT2D eigenvalue weighted by molar-refractivity contribution is -0.125. The molecule has 1 aliphatic rings. The average molecular weight is 240 g/mol. The number of amides is 1. The monoisotopic (exact) mass is 240 g/mol. The lowest BCUT2D eigenvalue weighted by Gasteiger charge is -2.30. The van der Waals surface area contributed by atoms with Gasteiger partial charge in [0.1, 0.15) is 0 Å². The number of rotatable bonds is 5. The predicted octanol–water partition coefficient (Wildman–Crippen LogP) is 2.32. The van der Waals surface area contributed by atoms with E-state index < -0.39 is 0 Å². The summed E-state index contributed by atoms with van der Waals surface area (Å²) in [4.78, 5) is 11.8. The average Bonchev–Trinajstić information content (AvgIpc) is 2.29. The predicted molar refractivity (Wildman–Crippen MR) is 71.9 cm³/mol. The van der Waals surface area contributed by atoms with Gasteiger partial charge in [-0.1, -0.05) is 34.1 Å². The fourth-order valence-electron chi connectivity index (χ4n) is 2.28. The molecule has 17 heavy (non-hydrogen) atoms. The van der Waals surface area contributed by atoms with E-state index in [2.05, 4.69) is 24.5 Å². The third-order valence-electron chi connectivity index (χ3n) is 3.61. The van der Waals surface area contributed by atoms with Crippen molar-refractivity contribution in [2.24, 2.45) is 11.8 Å². The van der Waals surface area contributed by atoms with Crippen molar-refractivity contribution in [2.45, 2.75) is 65.5 Å². The van der Waals surface area contributed by atoms with Gasteiger partial charge in [-0.3, -0.25) is 4.79 Å². The van der Waals surface area contributed by atoms with E-state index in [4.69, 9.17) is 0 Å². The molecule has 1 aliphatic heterocycles. The Labute approximate surface area is 106 Å². The molecule has 3 nitrogen and oxygen atoms in total. The molecular weight excluding hydrogens is 212 g/mol. The van der Waals surface area contributed by atoms with Crippen LogP contribution in [-0.4, -0.2) is 24.5 Å². The minimum Gasteiger partial charge on any atom is -0.353 e. The van der Waals surface area contributed by atoms with Gasteiger partial charge in [-0.25, -0.2) is 0 Å². The standard InChI is InChI=1S/C14H28N2O/c1-10(2)13(16-14(17)11(3)4)9-12-7-5-6-8-15-12/h10-13,15H,5-9H2,1-4H3,(H,16,17)/t12-,13+/m0/s1. The molecule has 1 amide bonds. The van der Waals surface area contributed by atoms with E-state index in [-0.39, 0.29) is 11.8 Å². The summed E-state index contributed by atoms with van der Waals surface area (Å²) in [6.07, 6.45) is 4.93. The fraction of sp³-hybridized carbons (Fsp3) is 0.929. The maximum atomic E-state index is 11.8. The Balaban J connectivity index is 2.44. The second-order valence-electron chi connectivity index (χ2n) is 5.90. The summed E-state index contributed by atoms with van der Waals surface area (Å²) in [6, 6.07) is 0.893. The van der Waals surface area contributed by atoms with Gasteiger partial charge in [0.15, 0.2) is 0 Å². The molecule has 0 radical (unpaired) electrons. The number of carbonyl (C=O) groups is 1. The zero-order valence-corrected chi connectivity index (χ0v) is 11.8. The number of piperidine rings is 1. The van der Waals surface area contributed by atoms with Crippen molar-refractivity contribution in [1.82, 2.24) is 10.6 Å². The number of hydrogen-bond acceptors (Lipinski definition) is 2. The maximum Gasteiger partial charge on any atom is 0.222 e. The van der Waals surface area contributed by atoms with Gasteiger partial charge in [-0.15, -0.1) is 0 Å². The minimum absolute atomic E-state index is 0.0792. The Kier molecular flexibility index (Phi) is 5.96. The molecule has 3 heteroatoms. The quantitative estimate of drug-likeness (QED) is 0.774. The van der Waals surface area contributed by atoms with Crippen molar-refractivity contribution < 1.29 is 4.79 Å². The molecule has 0 aromatic rings. The second-order valence-corrected chi connectivity index (χ2v) is 5.90. The first-order valence-electron chi connectivity index (χ1n) is 7.04. The van der Waals surface area contributed by atoms with Crippen LogP contribution in [0.1, 0.15) is 53.4 Å². The van der Waals surface area contributed by atoms with Crippen LogP contribution < -0.4 is 10.6 Å². The van der Waals surface area contributed by atoms with E-state index in [1.807, 2.05) is 13.8 Å². The van der Waals surface area contributed by atoms with Gasteiger partial charge in [0.05, 0.1) is 0 Å². The van der Waals surface area contributed by atoms with E-state index in [0.29, 0.717) is 18.0 Å². The van der Waals surface area contributed by atoms with Crippen LogP contribution in [0.3, 0.4) is 0 Å². The first-order chi connectivity index (χ1) is 8.00. The number of hydrogen-bond donors (Lipinski definition) is 2. The summed E-state index contributed by atoms with van der Waals surface area (Å²) in [6.45, 7) is 9.41. The molecule has 0 aliphatic carbocycles. The lowest BCUT2D eigenvalue weighted by atomic mass is 9.92. The Bertz CT molecular complexity index is 232. The highest BCUT2D eigenvalue weighted by Crippen LogP contribution is 2.16. The summed E-state index contributed by atoms with van der Waals surface area (Å²) >= 11 is 0. The van der Waals surface area contributed by atoms with Crippen LogP contribution in [0.15, 0.2) is 0 Å². The molecule has 100 valence electrons. The largest absolute Gasteiger partial charge is 0.353 e. The SMILES string of the molecule is CC(C)C(=O)N[C@H](C[C@@H]1CCCCN1)C(C)C. The van der Waals surface area contributed by atoms with E-state index in [1.165, 1.54) is 19.3 Å². The van der Waals surface area contributed by atoms with Crippen molar-refractivity contribution in [3.63, 3.8) is 0 Å². The van der Waals surface area contributed by atoms with Crippen molar-refractivity contribution in [2.75, 3.05) is 6.54 Å². The molecular formula is C14H28N2O. The first kappa shape index (κ1) is 14.5. The van der Waals surface area contributed by atoms with Gasteiger partial charge in [-0.2, -0.15) is 0 Å². The van der Waals surface area contributed by atoms with Gasteiger partial charge < -0.3 is 10.6 Å². The molecule has 1 heterocycles. The van der Waals surface area contributed by atoms with E-state index in [9.17, 15) is 4.79 Å². The molecule has 0 unspecified atom stereocenters. The summed E-state index contributed by atoms with van der Waals surface area (Å²) in [5.41, 5.74) is 0. The molecule has 2 atom stereocenters. The van der Waals surface area contributed by atoms with Crippen molar-refractivity contribution >= 4 is 5.91 Å².